The molecule has 174 valence electrons. The number of carbonyl (C=O) groups is 1. The maximum atomic E-state index is 12.7. The third-order valence-electron chi connectivity index (χ3n) is 6.13. The Hall–Kier alpha value is -4.06. The minimum absolute atomic E-state index is 0.00563. The second-order valence-electron chi connectivity index (χ2n) is 8.46. The third-order valence-corrected chi connectivity index (χ3v) is 6.13. The van der Waals surface area contributed by atoms with E-state index < -0.39 is 0 Å². The highest BCUT2D eigenvalue weighted by Gasteiger charge is 2.27. The Labute approximate surface area is 199 Å². The van der Waals surface area contributed by atoms with Crippen LogP contribution in [0, 0.1) is 24.2 Å². The van der Waals surface area contributed by atoms with Crippen LogP contribution < -0.4 is 16.0 Å². The van der Waals surface area contributed by atoms with E-state index in [0.29, 0.717) is 29.8 Å². The monoisotopic (exact) mass is 456 g/mol. The van der Waals surface area contributed by atoms with Gasteiger partial charge in [0.15, 0.2) is 5.82 Å². The molecule has 0 unspecified atom stereocenters. The summed E-state index contributed by atoms with van der Waals surface area (Å²) in [6.07, 6.45) is 6.75. The van der Waals surface area contributed by atoms with Gasteiger partial charge in [0.2, 0.25) is 17.8 Å². The molecule has 1 amide bonds. The molecule has 1 aliphatic rings. The summed E-state index contributed by atoms with van der Waals surface area (Å²) in [4.78, 5) is 30.3. The predicted molar refractivity (Wildman–Crippen MR) is 130 cm³/mol. The smallest absolute Gasteiger partial charge is 0.228 e. The lowest BCUT2D eigenvalue weighted by Gasteiger charge is -2.28. The Bertz CT molecular complexity index is 1180. The van der Waals surface area contributed by atoms with Gasteiger partial charge in [-0.15, -0.1) is 0 Å². The van der Waals surface area contributed by atoms with Gasteiger partial charge < -0.3 is 16.0 Å². The van der Waals surface area contributed by atoms with Crippen LogP contribution in [0.2, 0.25) is 0 Å². The molecule has 3 aromatic rings. The number of nitrogens with zero attached hydrogens (tertiary/aromatic N) is 5. The molecular formula is C25H28N8O. The highest BCUT2D eigenvalue weighted by Crippen LogP contribution is 2.27. The molecular weight excluding hydrogens is 428 g/mol. The van der Waals surface area contributed by atoms with Gasteiger partial charge in [-0.25, -0.2) is 0 Å². The molecule has 1 fully saturated rings. The van der Waals surface area contributed by atoms with E-state index >= 15 is 0 Å². The lowest BCUT2D eigenvalue weighted by molar-refractivity contribution is -0.126. The van der Waals surface area contributed by atoms with Gasteiger partial charge in [0, 0.05) is 43.5 Å². The number of pyridine rings is 1. The second-order valence-corrected chi connectivity index (χ2v) is 8.46. The number of rotatable bonds is 7. The summed E-state index contributed by atoms with van der Waals surface area (Å²) >= 11 is 0. The lowest BCUT2D eigenvalue weighted by Crippen LogP contribution is -2.36. The van der Waals surface area contributed by atoms with Gasteiger partial charge in [-0.3, -0.25) is 9.78 Å². The van der Waals surface area contributed by atoms with E-state index in [-0.39, 0.29) is 17.9 Å². The Morgan fingerprint density at radius 1 is 1.12 bits per heavy atom. The molecule has 0 saturated heterocycles. The fourth-order valence-electron chi connectivity index (χ4n) is 4.15. The standard InChI is InChI=1S/C25H28N8O/c1-16-12-17(13-26)5-6-19(16)15-29-23(34)18-7-9-21(10-8-18)30-25-32-22(31-24(27-2)33-25)20-4-3-11-28-14-20/h3-6,11-12,14,18,21H,7-10,15H2,1-2H3,(H,29,34)(H2,27,30,31,32,33). The van der Waals surface area contributed by atoms with Crippen LogP contribution in [-0.2, 0) is 11.3 Å². The van der Waals surface area contributed by atoms with Gasteiger partial charge in [0.05, 0.1) is 11.6 Å². The second kappa shape index (κ2) is 10.7. The summed E-state index contributed by atoms with van der Waals surface area (Å²) in [5.41, 5.74) is 3.49. The molecule has 0 atom stereocenters. The molecule has 9 nitrogen and oxygen atoms in total. The van der Waals surface area contributed by atoms with E-state index in [9.17, 15) is 4.79 Å². The van der Waals surface area contributed by atoms with Gasteiger partial charge >= 0.3 is 0 Å². The molecule has 9 heteroatoms. The van der Waals surface area contributed by atoms with Crippen molar-refractivity contribution in [2.24, 2.45) is 5.92 Å². The van der Waals surface area contributed by atoms with Crippen LogP contribution in [0.15, 0.2) is 42.7 Å². The number of benzene rings is 1. The van der Waals surface area contributed by atoms with Gasteiger partial charge in [0.1, 0.15) is 0 Å². The first-order valence-electron chi connectivity index (χ1n) is 11.4. The molecule has 34 heavy (non-hydrogen) atoms. The van der Waals surface area contributed by atoms with Crippen LogP contribution >= 0.6 is 0 Å². The van der Waals surface area contributed by atoms with Crippen LogP contribution in [-0.4, -0.2) is 38.9 Å². The lowest BCUT2D eigenvalue weighted by atomic mass is 9.85. The number of hydrogen-bond acceptors (Lipinski definition) is 8. The maximum absolute atomic E-state index is 12.7. The SMILES string of the molecule is CNc1nc(NC2CCC(C(=O)NCc3ccc(C#N)cc3C)CC2)nc(-c2cccnc2)n1. The molecule has 0 aliphatic heterocycles. The Balaban J connectivity index is 1.32. The number of hydrogen-bond donors (Lipinski definition) is 3. The molecule has 0 spiro atoms. The first-order chi connectivity index (χ1) is 16.6. The van der Waals surface area contributed by atoms with E-state index in [1.165, 1.54) is 0 Å². The van der Waals surface area contributed by atoms with E-state index in [2.05, 4.69) is 42.0 Å². The summed E-state index contributed by atoms with van der Waals surface area (Å²) in [6.45, 7) is 2.43. The minimum Gasteiger partial charge on any atom is -0.357 e. The Morgan fingerprint density at radius 3 is 2.59 bits per heavy atom. The van der Waals surface area contributed by atoms with Crippen LogP contribution in [0.5, 0.6) is 0 Å². The van der Waals surface area contributed by atoms with Crippen molar-refractivity contribution in [3.05, 3.63) is 59.4 Å². The van der Waals surface area contributed by atoms with Crippen molar-refractivity contribution >= 4 is 17.8 Å². The minimum atomic E-state index is -0.00563. The van der Waals surface area contributed by atoms with Crippen molar-refractivity contribution in [3.63, 3.8) is 0 Å². The van der Waals surface area contributed by atoms with Gasteiger partial charge in [-0.05, 0) is 68.0 Å². The number of anilines is 2. The molecule has 3 N–H and O–H groups in total. The maximum Gasteiger partial charge on any atom is 0.228 e. The Kier molecular flexibility index (Phi) is 7.28. The summed E-state index contributed by atoms with van der Waals surface area (Å²) in [5.74, 6) is 1.64. The fraction of sp³-hybridized carbons (Fsp3) is 0.360. The van der Waals surface area contributed by atoms with Gasteiger partial charge in [0.25, 0.3) is 0 Å². The molecule has 2 aromatic heterocycles. The summed E-state index contributed by atoms with van der Waals surface area (Å²) in [7, 11) is 1.77. The van der Waals surface area contributed by atoms with Crippen molar-refractivity contribution in [2.45, 2.75) is 45.2 Å². The molecule has 4 rings (SSSR count). The van der Waals surface area contributed by atoms with Crippen LogP contribution in [0.4, 0.5) is 11.9 Å². The fourth-order valence-corrected chi connectivity index (χ4v) is 4.15. The molecule has 2 heterocycles. The number of aryl methyl sites for hydroxylation is 1. The zero-order valence-corrected chi connectivity index (χ0v) is 19.4. The van der Waals surface area contributed by atoms with Crippen LogP contribution in [0.1, 0.15) is 42.4 Å². The van der Waals surface area contributed by atoms with Crippen molar-refractivity contribution < 1.29 is 4.79 Å². The summed E-state index contributed by atoms with van der Waals surface area (Å²) < 4.78 is 0. The van der Waals surface area contributed by atoms with Crippen molar-refractivity contribution in [1.82, 2.24) is 25.3 Å². The molecule has 0 radical (unpaired) electrons. The number of carbonyl (C=O) groups excluding carboxylic acids is 1. The van der Waals surface area contributed by atoms with E-state index in [1.54, 1.807) is 25.5 Å². The summed E-state index contributed by atoms with van der Waals surface area (Å²) in [5, 5.41) is 18.5. The Morgan fingerprint density at radius 2 is 1.91 bits per heavy atom. The molecule has 1 saturated carbocycles. The average molecular weight is 457 g/mol. The average Bonchev–Trinajstić information content (AvgIpc) is 2.88. The topological polar surface area (TPSA) is 129 Å². The van der Waals surface area contributed by atoms with Crippen LogP contribution in [0.3, 0.4) is 0 Å². The zero-order chi connectivity index (χ0) is 23.9. The molecule has 1 aliphatic carbocycles. The highest BCUT2D eigenvalue weighted by atomic mass is 16.1. The third kappa shape index (κ3) is 5.64. The highest BCUT2D eigenvalue weighted by molar-refractivity contribution is 5.78. The predicted octanol–water partition coefficient (Wildman–Crippen LogP) is 3.44. The summed E-state index contributed by atoms with van der Waals surface area (Å²) in [6, 6.07) is 11.6. The first kappa shape index (κ1) is 23.1. The van der Waals surface area contributed by atoms with Gasteiger partial charge in [-0.1, -0.05) is 6.07 Å². The molecule has 1 aromatic carbocycles. The number of nitrogens with one attached hydrogen (secondary N) is 3. The number of aromatic nitrogens is 4. The van der Waals surface area contributed by atoms with E-state index in [4.69, 9.17) is 5.26 Å². The largest absolute Gasteiger partial charge is 0.357 e. The first-order valence-corrected chi connectivity index (χ1v) is 11.4. The normalized spacial score (nSPS) is 17.4. The van der Waals surface area contributed by atoms with Crippen LogP contribution in [0.25, 0.3) is 11.4 Å². The number of nitriles is 1. The van der Waals surface area contributed by atoms with Crippen molar-refractivity contribution in [2.75, 3.05) is 17.7 Å². The number of amides is 1. The van der Waals surface area contributed by atoms with Gasteiger partial charge in [-0.2, -0.15) is 20.2 Å². The molecule has 0 bridgehead atoms. The van der Waals surface area contributed by atoms with Crippen molar-refractivity contribution in [1.29, 1.82) is 5.26 Å². The van der Waals surface area contributed by atoms with Crippen molar-refractivity contribution in [3.8, 4) is 17.5 Å². The van der Waals surface area contributed by atoms with E-state index in [1.807, 2.05) is 31.2 Å². The quantitative estimate of drug-likeness (QED) is 0.493. The zero-order valence-electron chi connectivity index (χ0n) is 19.4. The van der Waals surface area contributed by atoms with E-state index in [0.717, 1.165) is 42.4 Å².